The highest BCUT2D eigenvalue weighted by Gasteiger charge is 2.22. The average molecular weight is 499 g/mol. The second kappa shape index (κ2) is 19.5. The Morgan fingerprint density at radius 3 is 1.65 bits per heavy atom. The van der Waals surface area contributed by atoms with Crippen molar-refractivity contribution in [1.29, 1.82) is 0 Å². The average Bonchev–Trinajstić information content (AvgIpc) is 2.80. The molecule has 0 aliphatic carbocycles. The number of quaternary nitrogens is 1. The molecule has 0 saturated carbocycles. The van der Waals surface area contributed by atoms with Gasteiger partial charge < -0.3 is 9.38 Å². The maximum Gasteiger partial charge on any atom is 0.472 e. The van der Waals surface area contributed by atoms with Crippen molar-refractivity contribution in [2.45, 2.75) is 110 Å². The van der Waals surface area contributed by atoms with Crippen molar-refractivity contribution in [3.63, 3.8) is 0 Å². The van der Waals surface area contributed by atoms with E-state index < -0.39 is 7.82 Å². The minimum Gasteiger partial charge on any atom is -0.325 e. The van der Waals surface area contributed by atoms with Crippen LogP contribution in [-0.2, 0) is 20.2 Å². The van der Waals surface area contributed by atoms with E-state index in [-0.39, 0.29) is 6.61 Å². The number of nitrogens with zero attached hydrogens (tertiary/aromatic N) is 1. The lowest BCUT2D eigenvalue weighted by Crippen LogP contribution is -2.39. The van der Waals surface area contributed by atoms with Crippen molar-refractivity contribution in [2.75, 3.05) is 33.9 Å². The van der Waals surface area contributed by atoms with Crippen LogP contribution in [0, 0.1) is 0 Å². The van der Waals surface area contributed by atoms with E-state index in [4.69, 9.17) is 9.05 Å². The van der Waals surface area contributed by atoms with E-state index in [0.29, 0.717) is 13.0 Å². The topological polar surface area (TPSA) is 55.8 Å². The number of rotatable bonds is 23. The molecule has 5 nitrogen and oxygen atoms in total. The second-order valence-corrected chi connectivity index (χ2v) is 11.8. The normalized spacial score (nSPS) is 13.8. The van der Waals surface area contributed by atoms with Crippen molar-refractivity contribution >= 4 is 7.82 Å². The number of hydrogen-bond donors (Lipinski definition) is 1. The summed E-state index contributed by atoms with van der Waals surface area (Å²) in [5.41, 5.74) is 1.29. The van der Waals surface area contributed by atoms with Crippen LogP contribution in [0.15, 0.2) is 30.3 Å². The molecule has 0 radical (unpaired) electrons. The van der Waals surface area contributed by atoms with Crippen LogP contribution in [-0.4, -0.2) is 43.2 Å². The van der Waals surface area contributed by atoms with Crippen LogP contribution in [0.1, 0.15) is 109 Å². The van der Waals surface area contributed by atoms with Crippen LogP contribution in [0.4, 0.5) is 0 Å². The highest BCUT2D eigenvalue weighted by Crippen LogP contribution is 2.43. The van der Waals surface area contributed by atoms with E-state index in [1.165, 1.54) is 82.6 Å². The Morgan fingerprint density at radius 2 is 1.15 bits per heavy atom. The Balaban J connectivity index is 1.93. The fraction of sp³-hybridized carbons (Fsp3) is 0.786. The summed E-state index contributed by atoms with van der Waals surface area (Å²) in [6.45, 7) is 4.59. The molecule has 0 bridgehead atoms. The van der Waals surface area contributed by atoms with Gasteiger partial charge in [0, 0.05) is 12.0 Å². The van der Waals surface area contributed by atoms with Crippen molar-refractivity contribution in [1.82, 2.24) is 0 Å². The highest BCUT2D eigenvalue weighted by atomic mass is 31.2. The lowest BCUT2D eigenvalue weighted by atomic mass is 10.0. The van der Waals surface area contributed by atoms with Gasteiger partial charge in [0.25, 0.3) is 0 Å². The molecule has 1 aromatic rings. The summed E-state index contributed by atoms with van der Waals surface area (Å²) in [6, 6.07) is 10.4. The molecule has 1 atom stereocenters. The van der Waals surface area contributed by atoms with Crippen LogP contribution >= 0.6 is 7.82 Å². The third-order valence-electron chi connectivity index (χ3n) is 6.37. The second-order valence-electron chi connectivity index (χ2n) is 10.4. The zero-order valence-corrected chi connectivity index (χ0v) is 23.3. The zero-order chi connectivity index (χ0) is 25.0. The van der Waals surface area contributed by atoms with E-state index in [0.717, 1.165) is 30.4 Å². The lowest BCUT2D eigenvalue weighted by molar-refractivity contribution is -0.903. The first-order chi connectivity index (χ1) is 16.3. The van der Waals surface area contributed by atoms with Crippen LogP contribution in [0.2, 0.25) is 0 Å². The first-order valence-corrected chi connectivity index (χ1v) is 15.3. The summed E-state index contributed by atoms with van der Waals surface area (Å²) >= 11 is 0. The molecule has 1 unspecified atom stereocenters. The zero-order valence-electron chi connectivity index (χ0n) is 22.4. The summed E-state index contributed by atoms with van der Waals surface area (Å²) in [7, 11) is 0.394. The minimum absolute atomic E-state index is 0.239. The van der Waals surface area contributed by atoms with Gasteiger partial charge in [0.15, 0.2) is 0 Å². The van der Waals surface area contributed by atoms with Crippen molar-refractivity contribution in [2.24, 2.45) is 0 Å². The van der Waals surface area contributed by atoms with Gasteiger partial charge in [-0.1, -0.05) is 121 Å². The standard InChI is InChI=1S/C28H52NO4P/c1-4-5-6-7-8-9-10-11-12-13-14-15-16-20-25-32-34(30,31)33-26-21-24-29(2,3)27-28-22-18-17-19-23-28/h17-19,22-23H,4-16,20-21,24-27H2,1-3H3/p+1. The number of phosphoric ester groups is 1. The first-order valence-electron chi connectivity index (χ1n) is 13.8. The van der Waals surface area contributed by atoms with E-state index in [1.807, 2.05) is 6.07 Å². The molecule has 0 fully saturated rings. The Hall–Kier alpha value is -0.710. The number of phosphoric acid groups is 1. The third-order valence-corrected chi connectivity index (χ3v) is 7.39. The predicted molar refractivity (Wildman–Crippen MR) is 144 cm³/mol. The Morgan fingerprint density at radius 1 is 0.706 bits per heavy atom. The fourth-order valence-corrected chi connectivity index (χ4v) is 5.14. The van der Waals surface area contributed by atoms with Gasteiger partial charge in [-0.25, -0.2) is 4.57 Å². The summed E-state index contributed by atoms with van der Waals surface area (Å²) in [6.07, 6.45) is 18.7. The maximum atomic E-state index is 12.1. The summed E-state index contributed by atoms with van der Waals surface area (Å²) in [5, 5.41) is 0. The maximum absolute atomic E-state index is 12.1. The minimum atomic E-state index is -3.93. The molecule has 6 heteroatoms. The molecule has 0 saturated heterocycles. The lowest BCUT2D eigenvalue weighted by Gasteiger charge is -2.30. The molecular weight excluding hydrogens is 445 g/mol. The first kappa shape index (κ1) is 31.3. The van der Waals surface area contributed by atoms with Gasteiger partial charge in [0.05, 0.1) is 33.9 Å². The smallest absolute Gasteiger partial charge is 0.325 e. The molecule has 34 heavy (non-hydrogen) atoms. The molecule has 0 amide bonds. The third kappa shape index (κ3) is 18.6. The SMILES string of the molecule is CCCCCCCCCCCCCCCCOP(=O)(O)OCCC[N+](C)(C)Cc1ccccc1. The summed E-state index contributed by atoms with van der Waals surface area (Å²) in [5.74, 6) is 0. The Labute approximate surface area is 210 Å². The molecule has 1 rings (SSSR count). The van der Waals surface area contributed by atoms with Gasteiger partial charge in [-0.15, -0.1) is 0 Å². The quantitative estimate of drug-likeness (QED) is 0.0937. The molecule has 198 valence electrons. The van der Waals surface area contributed by atoms with Gasteiger partial charge in [-0.2, -0.15) is 0 Å². The molecule has 1 aromatic carbocycles. The Bertz CT molecular complexity index is 639. The fourth-order valence-electron chi connectivity index (χ4n) is 4.34. The number of hydrogen-bond acceptors (Lipinski definition) is 3. The van der Waals surface area contributed by atoms with E-state index in [1.54, 1.807) is 0 Å². The van der Waals surface area contributed by atoms with E-state index in [2.05, 4.69) is 45.3 Å². The van der Waals surface area contributed by atoms with Crippen molar-refractivity contribution in [3.05, 3.63) is 35.9 Å². The van der Waals surface area contributed by atoms with Crippen LogP contribution in [0.5, 0.6) is 0 Å². The van der Waals surface area contributed by atoms with E-state index >= 15 is 0 Å². The van der Waals surface area contributed by atoms with Crippen molar-refractivity contribution < 1.29 is 23.0 Å². The Kier molecular flexibility index (Phi) is 17.9. The molecule has 0 aliphatic heterocycles. The predicted octanol–water partition coefficient (Wildman–Crippen LogP) is 8.27. The number of benzene rings is 1. The van der Waals surface area contributed by atoms with Gasteiger partial charge in [-0.3, -0.25) is 9.05 Å². The van der Waals surface area contributed by atoms with Gasteiger partial charge in [0.1, 0.15) is 6.54 Å². The highest BCUT2D eigenvalue weighted by molar-refractivity contribution is 7.47. The monoisotopic (exact) mass is 498 g/mol. The number of unbranched alkanes of at least 4 members (excludes halogenated alkanes) is 13. The van der Waals surface area contributed by atoms with Crippen LogP contribution in [0.25, 0.3) is 0 Å². The van der Waals surface area contributed by atoms with Gasteiger partial charge >= 0.3 is 7.82 Å². The summed E-state index contributed by atoms with van der Waals surface area (Å²) in [4.78, 5) is 9.89. The van der Waals surface area contributed by atoms with Crippen molar-refractivity contribution in [3.8, 4) is 0 Å². The molecule has 0 aliphatic rings. The molecule has 0 heterocycles. The van der Waals surface area contributed by atoms with Crippen LogP contribution in [0.3, 0.4) is 0 Å². The molecule has 0 spiro atoms. The molecule has 1 N–H and O–H groups in total. The largest absolute Gasteiger partial charge is 0.472 e. The van der Waals surface area contributed by atoms with E-state index in [9.17, 15) is 9.46 Å². The molecule has 0 aromatic heterocycles. The van der Waals surface area contributed by atoms with Crippen LogP contribution < -0.4 is 0 Å². The summed E-state index contributed by atoms with van der Waals surface area (Å²) < 4.78 is 23.2. The van der Waals surface area contributed by atoms with Gasteiger partial charge in [-0.05, 0) is 6.42 Å². The molecular formula is C28H53NO4P+. The van der Waals surface area contributed by atoms with Gasteiger partial charge in [0.2, 0.25) is 0 Å².